The highest BCUT2D eigenvalue weighted by Gasteiger charge is 2.29. The minimum Gasteiger partial charge on any atom is -0.362 e. The summed E-state index contributed by atoms with van der Waals surface area (Å²) < 4.78 is 27.5. The smallest absolute Gasteiger partial charge is 0.292 e. The molecule has 10 heteroatoms. The summed E-state index contributed by atoms with van der Waals surface area (Å²) in [5.41, 5.74) is 0.889. The fourth-order valence-electron chi connectivity index (χ4n) is 3.50. The van der Waals surface area contributed by atoms with E-state index in [1.165, 1.54) is 18.2 Å². The van der Waals surface area contributed by atoms with Gasteiger partial charge in [0.15, 0.2) is 0 Å². The second kappa shape index (κ2) is 8.04. The van der Waals surface area contributed by atoms with Crippen molar-refractivity contribution in [3.8, 4) is 0 Å². The number of carbonyl (C=O) groups excluding carboxylic acids is 1. The maximum absolute atomic E-state index is 12.9. The number of nitrogens with one attached hydrogen (secondary N) is 1. The number of benzene rings is 2. The fraction of sp³-hybridized carbons (Fsp3) is 0.350. The predicted molar refractivity (Wildman–Crippen MR) is 111 cm³/mol. The first-order chi connectivity index (χ1) is 14.3. The second-order valence-corrected chi connectivity index (χ2v) is 9.16. The Hall–Kier alpha value is -2.98. The van der Waals surface area contributed by atoms with E-state index in [1.807, 2.05) is 4.90 Å². The lowest BCUT2D eigenvalue weighted by Gasteiger charge is -2.35. The van der Waals surface area contributed by atoms with Crippen LogP contribution in [0.15, 0.2) is 53.4 Å². The van der Waals surface area contributed by atoms with E-state index in [-0.39, 0.29) is 22.5 Å². The average Bonchev–Trinajstić information content (AvgIpc) is 3.57. The molecule has 1 heterocycles. The molecule has 1 aliphatic heterocycles. The topological polar surface area (TPSA) is 113 Å². The van der Waals surface area contributed by atoms with Crippen molar-refractivity contribution in [1.29, 1.82) is 0 Å². The molecule has 0 atom stereocenters. The van der Waals surface area contributed by atoms with Gasteiger partial charge in [-0.2, -0.15) is 0 Å². The molecule has 1 saturated heterocycles. The van der Waals surface area contributed by atoms with Gasteiger partial charge < -0.3 is 9.80 Å². The normalized spacial score (nSPS) is 17.1. The number of piperazine rings is 1. The lowest BCUT2D eigenvalue weighted by atomic mass is 10.1. The molecule has 0 spiro atoms. The zero-order valence-electron chi connectivity index (χ0n) is 16.2. The lowest BCUT2D eigenvalue weighted by Crippen LogP contribution is -2.49. The summed E-state index contributed by atoms with van der Waals surface area (Å²) in [4.78, 5) is 27.4. The largest absolute Gasteiger partial charge is 0.362 e. The zero-order chi connectivity index (χ0) is 21.3. The summed E-state index contributed by atoms with van der Waals surface area (Å²) in [6, 6.07) is 12.6. The zero-order valence-corrected chi connectivity index (χ0v) is 17.0. The van der Waals surface area contributed by atoms with Crippen molar-refractivity contribution >= 4 is 27.3 Å². The monoisotopic (exact) mass is 430 g/mol. The summed E-state index contributed by atoms with van der Waals surface area (Å²) in [6.45, 7) is 1.69. The lowest BCUT2D eigenvalue weighted by molar-refractivity contribution is -0.384. The van der Waals surface area contributed by atoms with E-state index in [1.54, 1.807) is 35.2 Å². The second-order valence-electron chi connectivity index (χ2n) is 7.45. The Bertz CT molecular complexity index is 1080. The van der Waals surface area contributed by atoms with Crippen LogP contribution in [0.1, 0.15) is 23.2 Å². The molecule has 1 amide bonds. The van der Waals surface area contributed by atoms with E-state index >= 15 is 0 Å². The number of para-hydroxylation sites is 2. The quantitative estimate of drug-likeness (QED) is 0.554. The van der Waals surface area contributed by atoms with E-state index in [9.17, 15) is 23.3 Å². The fourth-order valence-corrected chi connectivity index (χ4v) is 4.85. The third-order valence-electron chi connectivity index (χ3n) is 5.28. The van der Waals surface area contributed by atoms with Gasteiger partial charge in [0.05, 0.1) is 9.82 Å². The van der Waals surface area contributed by atoms with Crippen LogP contribution in [0.5, 0.6) is 0 Å². The summed E-state index contributed by atoms with van der Waals surface area (Å²) in [7, 11) is -3.63. The van der Waals surface area contributed by atoms with Crippen LogP contribution in [0.25, 0.3) is 0 Å². The molecule has 1 aliphatic carbocycles. The van der Waals surface area contributed by atoms with E-state index in [0.717, 1.165) is 12.8 Å². The summed E-state index contributed by atoms with van der Waals surface area (Å²) in [5.74, 6) is -0.249. The SMILES string of the molecule is O=C(c1cccc(S(=O)(=O)NC2CC2)c1)N1CCN(c2ccccc2[N+](=O)[O-])CC1. The van der Waals surface area contributed by atoms with Gasteiger partial charge in [-0.15, -0.1) is 0 Å². The summed E-state index contributed by atoms with van der Waals surface area (Å²) in [5, 5.41) is 11.3. The van der Waals surface area contributed by atoms with Crippen molar-refractivity contribution in [3.63, 3.8) is 0 Å². The number of rotatable bonds is 6. The molecular formula is C20H22N4O5S. The van der Waals surface area contributed by atoms with Crippen molar-refractivity contribution in [2.24, 2.45) is 0 Å². The molecule has 4 rings (SSSR count). The van der Waals surface area contributed by atoms with Crippen molar-refractivity contribution < 1.29 is 18.1 Å². The summed E-state index contributed by atoms with van der Waals surface area (Å²) in [6.07, 6.45) is 1.67. The van der Waals surface area contributed by atoms with E-state index in [0.29, 0.717) is 37.4 Å². The van der Waals surface area contributed by atoms with Gasteiger partial charge in [-0.1, -0.05) is 18.2 Å². The first kappa shape index (κ1) is 20.3. The van der Waals surface area contributed by atoms with Crippen molar-refractivity contribution in [2.75, 3.05) is 31.1 Å². The number of nitro benzene ring substituents is 1. The molecule has 9 nitrogen and oxygen atoms in total. The number of amides is 1. The minimum absolute atomic E-state index is 0.00974. The Morgan fingerprint density at radius 3 is 2.40 bits per heavy atom. The van der Waals surface area contributed by atoms with Crippen LogP contribution in [0.3, 0.4) is 0 Å². The van der Waals surface area contributed by atoms with Gasteiger partial charge in [0.2, 0.25) is 10.0 Å². The van der Waals surface area contributed by atoms with Crippen LogP contribution in [-0.4, -0.2) is 56.4 Å². The first-order valence-corrected chi connectivity index (χ1v) is 11.2. The van der Waals surface area contributed by atoms with Crippen LogP contribution >= 0.6 is 0 Å². The Morgan fingerprint density at radius 2 is 1.73 bits per heavy atom. The molecule has 2 fully saturated rings. The highest BCUT2D eigenvalue weighted by Crippen LogP contribution is 2.28. The molecular weight excluding hydrogens is 408 g/mol. The number of sulfonamides is 1. The highest BCUT2D eigenvalue weighted by molar-refractivity contribution is 7.89. The number of nitrogens with zero attached hydrogens (tertiary/aromatic N) is 3. The molecule has 1 N–H and O–H groups in total. The number of hydrogen-bond acceptors (Lipinski definition) is 6. The summed E-state index contributed by atoms with van der Waals surface area (Å²) >= 11 is 0. The Kier molecular flexibility index (Phi) is 5.44. The molecule has 0 radical (unpaired) electrons. The van der Waals surface area contributed by atoms with Crippen LogP contribution < -0.4 is 9.62 Å². The van der Waals surface area contributed by atoms with Gasteiger partial charge in [-0.25, -0.2) is 13.1 Å². The molecule has 30 heavy (non-hydrogen) atoms. The number of carbonyl (C=O) groups is 1. The van der Waals surface area contributed by atoms with Gasteiger partial charge >= 0.3 is 0 Å². The van der Waals surface area contributed by atoms with Crippen LogP contribution in [-0.2, 0) is 10.0 Å². The Morgan fingerprint density at radius 1 is 1.03 bits per heavy atom. The Labute approximate surface area is 174 Å². The highest BCUT2D eigenvalue weighted by atomic mass is 32.2. The minimum atomic E-state index is -3.63. The van der Waals surface area contributed by atoms with Gasteiger partial charge in [-0.3, -0.25) is 14.9 Å². The molecule has 0 unspecified atom stereocenters. The van der Waals surface area contributed by atoms with E-state index < -0.39 is 14.9 Å². The number of nitro groups is 1. The standard InChI is InChI=1S/C20H22N4O5S/c25-20(15-4-3-5-17(14-15)30(28,29)21-16-8-9-16)23-12-10-22(11-13-23)18-6-1-2-7-19(18)24(26)27/h1-7,14,16,21H,8-13H2. The van der Waals surface area contributed by atoms with Gasteiger partial charge in [0.1, 0.15) is 5.69 Å². The maximum Gasteiger partial charge on any atom is 0.292 e. The third-order valence-corrected chi connectivity index (χ3v) is 6.79. The van der Waals surface area contributed by atoms with Gasteiger partial charge in [0, 0.05) is 43.9 Å². The number of anilines is 1. The van der Waals surface area contributed by atoms with Crippen molar-refractivity contribution in [3.05, 3.63) is 64.2 Å². The van der Waals surface area contributed by atoms with Gasteiger partial charge in [-0.05, 0) is 37.1 Å². The number of hydrogen-bond donors (Lipinski definition) is 1. The molecule has 1 saturated carbocycles. The molecule has 2 aromatic carbocycles. The van der Waals surface area contributed by atoms with Crippen LogP contribution in [0.4, 0.5) is 11.4 Å². The molecule has 0 bridgehead atoms. The van der Waals surface area contributed by atoms with Crippen LogP contribution in [0.2, 0.25) is 0 Å². The maximum atomic E-state index is 12.9. The van der Waals surface area contributed by atoms with Gasteiger partial charge in [0.25, 0.3) is 11.6 Å². The van der Waals surface area contributed by atoms with Crippen molar-refractivity contribution in [2.45, 2.75) is 23.8 Å². The van der Waals surface area contributed by atoms with Crippen LogP contribution in [0, 0.1) is 10.1 Å². The van der Waals surface area contributed by atoms with Crippen molar-refractivity contribution in [1.82, 2.24) is 9.62 Å². The van der Waals surface area contributed by atoms with E-state index in [4.69, 9.17) is 0 Å². The first-order valence-electron chi connectivity index (χ1n) is 9.75. The molecule has 2 aromatic rings. The average molecular weight is 430 g/mol. The molecule has 158 valence electrons. The molecule has 2 aliphatic rings. The Balaban J connectivity index is 1.45. The molecule has 0 aromatic heterocycles. The third kappa shape index (κ3) is 4.29. The van der Waals surface area contributed by atoms with E-state index in [2.05, 4.69) is 4.72 Å². The predicted octanol–water partition coefficient (Wildman–Crippen LogP) is 2.00.